The Bertz CT molecular complexity index is 797. The summed E-state index contributed by atoms with van der Waals surface area (Å²) in [5.74, 6) is 1.06. The molecule has 112 valence electrons. The van der Waals surface area contributed by atoms with Gasteiger partial charge in [0.2, 0.25) is 0 Å². The molecule has 22 heavy (non-hydrogen) atoms. The van der Waals surface area contributed by atoms with Gasteiger partial charge in [0, 0.05) is 18.7 Å². The Labute approximate surface area is 131 Å². The van der Waals surface area contributed by atoms with E-state index in [1.54, 1.807) is 0 Å². The van der Waals surface area contributed by atoms with Crippen molar-refractivity contribution in [1.82, 2.24) is 9.55 Å². The van der Waals surface area contributed by atoms with Crippen molar-refractivity contribution >= 4 is 16.7 Å². The standard InChI is InChI=1S/C19H21N3/c1-3-11-22-18-10-7-14(4-2)12-17(18)21-19(22)13-15-5-8-16(20)9-6-15/h3,5-10,12H,1,4,11,13,20H2,2H3. The fourth-order valence-electron chi connectivity index (χ4n) is 2.73. The SMILES string of the molecule is C=CCn1c(Cc2ccc(N)cc2)nc2cc(CC)ccc21. The minimum atomic E-state index is 0.770. The normalized spacial score (nSPS) is 11.0. The largest absolute Gasteiger partial charge is 0.399 e. The molecule has 3 aromatic rings. The van der Waals surface area contributed by atoms with Crippen LogP contribution < -0.4 is 5.73 Å². The number of nitrogens with zero attached hydrogens (tertiary/aromatic N) is 2. The molecule has 0 saturated heterocycles. The van der Waals surface area contributed by atoms with E-state index in [1.807, 2.05) is 18.2 Å². The molecule has 0 aliphatic rings. The van der Waals surface area contributed by atoms with Crippen LogP contribution in [0.15, 0.2) is 55.1 Å². The fraction of sp³-hybridized carbons (Fsp3) is 0.211. The van der Waals surface area contributed by atoms with Crippen LogP contribution in [-0.4, -0.2) is 9.55 Å². The monoisotopic (exact) mass is 291 g/mol. The second-order valence-electron chi connectivity index (χ2n) is 5.52. The molecule has 0 amide bonds. The lowest BCUT2D eigenvalue weighted by Gasteiger charge is -2.07. The number of anilines is 1. The number of rotatable bonds is 5. The Morgan fingerprint density at radius 3 is 2.55 bits per heavy atom. The van der Waals surface area contributed by atoms with E-state index in [-0.39, 0.29) is 0 Å². The number of hydrogen-bond donors (Lipinski definition) is 1. The highest BCUT2D eigenvalue weighted by molar-refractivity contribution is 5.77. The van der Waals surface area contributed by atoms with Gasteiger partial charge in [0.15, 0.2) is 0 Å². The zero-order valence-corrected chi connectivity index (χ0v) is 12.9. The fourth-order valence-corrected chi connectivity index (χ4v) is 2.73. The Morgan fingerprint density at radius 2 is 1.86 bits per heavy atom. The van der Waals surface area contributed by atoms with Gasteiger partial charge in [0.25, 0.3) is 0 Å². The van der Waals surface area contributed by atoms with Gasteiger partial charge in [0.1, 0.15) is 5.82 Å². The van der Waals surface area contributed by atoms with Crippen molar-refractivity contribution in [2.45, 2.75) is 26.3 Å². The molecule has 2 N–H and O–H groups in total. The minimum absolute atomic E-state index is 0.770. The zero-order valence-electron chi connectivity index (χ0n) is 12.9. The number of allylic oxidation sites excluding steroid dienone is 1. The molecule has 0 aliphatic heterocycles. The highest BCUT2D eigenvalue weighted by atomic mass is 15.1. The molecule has 0 radical (unpaired) electrons. The molecule has 0 saturated carbocycles. The van der Waals surface area contributed by atoms with Crippen LogP contribution in [0.3, 0.4) is 0 Å². The van der Waals surface area contributed by atoms with E-state index in [0.717, 1.165) is 36.4 Å². The minimum Gasteiger partial charge on any atom is -0.399 e. The Kier molecular flexibility index (Phi) is 3.96. The molecule has 0 atom stereocenters. The van der Waals surface area contributed by atoms with Gasteiger partial charge in [0.05, 0.1) is 11.0 Å². The summed E-state index contributed by atoms with van der Waals surface area (Å²) in [6.45, 7) is 6.80. The zero-order chi connectivity index (χ0) is 15.5. The van der Waals surface area contributed by atoms with Crippen LogP contribution in [0.1, 0.15) is 23.9 Å². The number of aromatic nitrogens is 2. The number of imidazole rings is 1. The van der Waals surface area contributed by atoms with E-state index in [4.69, 9.17) is 10.7 Å². The van der Waals surface area contributed by atoms with Gasteiger partial charge in [-0.3, -0.25) is 0 Å². The Morgan fingerprint density at radius 1 is 1.14 bits per heavy atom. The number of nitrogens with two attached hydrogens (primary N) is 1. The summed E-state index contributed by atoms with van der Waals surface area (Å²) in [5.41, 5.74) is 11.3. The van der Waals surface area contributed by atoms with E-state index in [0.29, 0.717) is 0 Å². The molecule has 0 fully saturated rings. The highest BCUT2D eigenvalue weighted by Crippen LogP contribution is 2.21. The predicted molar refractivity (Wildman–Crippen MR) is 93.0 cm³/mol. The molecule has 0 unspecified atom stereocenters. The van der Waals surface area contributed by atoms with Crippen molar-refractivity contribution < 1.29 is 0 Å². The first-order valence-corrected chi connectivity index (χ1v) is 7.64. The summed E-state index contributed by atoms with van der Waals surface area (Å²) < 4.78 is 2.23. The molecule has 2 aromatic carbocycles. The van der Waals surface area contributed by atoms with Gasteiger partial charge in [-0.25, -0.2) is 4.98 Å². The van der Waals surface area contributed by atoms with Crippen molar-refractivity contribution in [3.8, 4) is 0 Å². The summed E-state index contributed by atoms with van der Waals surface area (Å²) in [4.78, 5) is 4.84. The number of aryl methyl sites for hydroxylation is 1. The summed E-state index contributed by atoms with van der Waals surface area (Å²) in [6, 6.07) is 14.5. The number of hydrogen-bond acceptors (Lipinski definition) is 2. The van der Waals surface area contributed by atoms with Crippen molar-refractivity contribution in [1.29, 1.82) is 0 Å². The van der Waals surface area contributed by atoms with Crippen molar-refractivity contribution in [2.24, 2.45) is 0 Å². The van der Waals surface area contributed by atoms with Gasteiger partial charge >= 0.3 is 0 Å². The van der Waals surface area contributed by atoms with Crippen molar-refractivity contribution in [3.63, 3.8) is 0 Å². The van der Waals surface area contributed by atoms with E-state index < -0.39 is 0 Å². The number of benzene rings is 2. The van der Waals surface area contributed by atoms with Crippen LogP contribution in [0.25, 0.3) is 11.0 Å². The van der Waals surface area contributed by atoms with Gasteiger partial charge in [-0.1, -0.05) is 31.2 Å². The summed E-state index contributed by atoms with van der Waals surface area (Å²) in [6.07, 6.45) is 3.74. The molecular formula is C19H21N3. The average molecular weight is 291 g/mol. The smallest absolute Gasteiger partial charge is 0.114 e. The van der Waals surface area contributed by atoms with Gasteiger partial charge in [-0.2, -0.15) is 0 Å². The van der Waals surface area contributed by atoms with Crippen LogP contribution in [0.2, 0.25) is 0 Å². The summed E-state index contributed by atoms with van der Waals surface area (Å²) in [5, 5.41) is 0. The van der Waals surface area contributed by atoms with Crippen LogP contribution in [0.5, 0.6) is 0 Å². The topological polar surface area (TPSA) is 43.8 Å². The molecular weight excluding hydrogens is 270 g/mol. The first-order chi connectivity index (χ1) is 10.7. The van der Waals surface area contributed by atoms with Crippen LogP contribution in [0, 0.1) is 0 Å². The number of nitrogen functional groups attached to an aromatic ring is 1. The molecule has 0 spiro atoms. The van der Waals surface area contributed by atoms with Crippen molar-refractivity contribution in [2.75, 3.05) is 5.73 Å². The lowest BCUT2D eigenvalue weighted by atomic mass is 10.1. The second kappa shape index (κ2) is 6.06. The molecule has 1 heterocycles. The maximum absolute atomic E-state index is 5.76. The quantitative estimate of drug-likeness (QED) is 0.571. The molecule has 3 rings (SSSR count). The van der Waals surface area contributed by atoms with Gasteiger partial charge in [-0.15, -0.1) is 6.58 Å². The van der Waals surface area contributed by atoms with Crippen molar-refractivity contribution in [3.05, 3.63) is 72.1 Å². The third kappa shape index (κ3) is 2.75. The third-order valence-corrected chi connectivity index (χ3v) is 3.95. The Balaban J connectivity index is 2.04. The van der Waals surface area contributed by atoms with Gasteiger partial charge < -0.3 is 10.3 Å². The van der Waals surface area contributed by atoms with Crippen LogP contribution >= 0.6 is 0 Å². The first-order valence-electron chi connectivity index (χ1n) is 7.64. The third-order valence-electron chi connectivity index (χ3n) is 3.95. The predicted octanol–water partition coefficient (Wildman–Crippen LogP) is 3.96. The second-order valence-corrected chi connectivity index (χ2v) is 5.52. The summed E-state index contributed by atoms with van der Waals surface area (Å²) in [7, 11) is 0. The van der Waals surface area contributed by atoms with E-state index in [9.17, 15) is 0 Å². The maximum atomic E-state index is 5.76. The average Bonchev–Trinajstić information content (AvgIpc) is 2.87. The Hall–Kier alpha value is -2.55. The lowest BCUT2D eigenvalue weighted by Crippen LogP contribution is -2.03. The molecule has 0 bridgehead atoms. The molecule has 1 aromatic heterocycles. The molecule has 3 heteroatoms. The van der Waals surface area contributed by atoms with Crippen LogP contribution in [-0.2, 0) is 19.4 Å². The van der Waals surface area contributed by atoms with Gasteiger partial charge in [-0.05, 0) is 41.8 Å². The van der Waals surface area contributed by atoms with E-state index >= 15 is 0 Å². The number of fused-ring (bicyclic) bond motifs is 1. The summed E-state index contributed by atoms with van der Waals surface area (Å²) >= 11 is 0. The molecule has 0 aliphatic carbocycles. The first kappa shape index (κ1) is 14.4. The maximum Gasteiger partial charge on any atom is 0.114 e. The van der Waals surface area contributed by atoms with Crippen LogP contribution in [0.4, 0.5) is 5.69 Å². The molecule has 3 nitrogen and oxygen atoms in total. The lowest BCUT2D eigenvalue weighted by molar-refractivity contribution is 0.780. The highest BCUT2D eigenvalue weighted by Gasteiger charge is 2.11. The van der Waals surface area contributed by atoms with E-state index in [1.165, 1.54) is 16.6 Å². The van der Waals surface area contributed by atoms with E-state index in [2.05, 4.69) is 48.4 Å².